The zero-order chi connectivity index (χ0) is 14.1. The lowest BCUT2D eigenvalue weighted by Gasteiger charge is -2.21. The third kappa shape index (κ3) is 5.85. The van der Waals surface area contributed by atoms with Crippen molar-refractivity contribution in [1.29, 1.82) is 0 Å². The molecule has 0 bridgehead atoms. The van der Waals surface area contributed by atoms with Gasteiger partial charge in [-0.1, -0.05) is 37.3 Å². The molecule has 0 aliphatic rings. The molecule has 1 aromatic carbocycles. The quantitative estimate of drug-likeness (QED) is 0.704. The van der Waals surface area contributed by atoms with Gasteiger partial charge in [0.1, 0.15) is 0 Å². The predicted octanol–water partition coefficient (Wildman–Crippen LogP) is 1.84. The Kier molecular flexibility index (Phi) is 6.53. The molecule has 0 radical (unpaired) electrons. The number of rotatable bonds is 8. The maximum absolute atomic E-state index is 11.7. The van der Waals surface area contributed by atoms with Gasteiger partial charge >= 0.3 is 0 Å². The smallest absolute Gasteiger partial charge is 0.239 e. The molecule has 1 amide bonds. The van der Waals surface area contributed by atoms with E-state index < -0.39 is 5.54 Å². The van der Waals surface area contributed by atoms with E-state index in [0.717, 1.165) is 12.0 Å². The molecule has 4 heteroatoms. The molecule has 1 aromatic rings. The molecule has 0 saturated carbocycles. The van der Waals surface area contributed by atoms with Gasteiger partial charge in [-0.25, -0.2) is 0 Å². The van der Waals surface area contributed by atoms with Crippen LogP contribution in [0.25, 0.3) is 0 Å². The summed E-state index contributed by atoms with van der Waals surface area (Å²) >= 11 is 0. The van der Waals surface area contributed by atoms with Crippen molar-refractivity contribution in [2.24, 2.45) is 5.73 Å². The van der Waals surface area contributed by atoms with E-state index in [9.17, 15) is 4.79 Å². The SMILES string of the molecule is CCC(C)(N)C(=O)NCCCOCc1ccccc1. The maximum Gasteiger partial charge on any atom is 0.239 e. The summed E-state index contributed by atoms with van der Waals surface area (Å²) in [6, 6.07) is 10.0. The van der Waals surface area contributed by atoms with Gasteiger partial charge in [-0.05, 0) is 25.3 Å². The van der Waals surface area contributed by atoms with Crippen molar-refractivity contribution in [3.05, 3.63) is 35.9 Å². The lowest BCUT2D eigenvalue weighted by Crippen LogP contribution is -2.51. The van der Waals surface area contributed by atoms with Crippen molar-refractivity contribution in [2.45, 2.75) is 38.8 Å². The highest BCUT2D eigenvalue weighted by atomic mass is 16.5. The van der Waals surface area contributed by atoms with Crippen molar-refractivity contribution < 1.29 is 9.53 Å². The lowest BCUT2D eigenvalue weighted by molar-refractivity contribution is -0.125. The van der Waals surface area contributed by atoms with Gasteiger partial charge < -0.3 is 15.8 Å². The molecule has 1 atom stereocenters. The molecule has 0 aliphatic carbocycles. The Morgan fingerprint density at radius 3 is 2.68 bits per heavy atom. The standard InChI is InChI=1S/C15H24N2O2/c1-3-15(2,16)14(18)17-10-7-11-19-12-13-8-5-4-6-9-13/h4-6,8-9H,3,7,10-12,16H2,1-2H3,(H,17,18). The van der Waals surface area contributed by atoms with Crippen LogP contribution in [0.3, 0.4) is 0 Å². The first-order chi connectivity index (χ1) is 9.06. The second kappa shape index (κ2) is 7.92. The van der Waals surface area contributed by atoms with Crippen molar-refractivity contribution in [3.8, 4) is 0 Å². The highest BCUT2D eigenvalue weighted by Crippen LogP contribution is 2.04. The highest BCUT2D eigenvalue weighted by Gasteiger charge is 2.24. The van der Waals surface area contributed by atoms with E-state index in [-0.39, 0.29) is 5.91 Å². The van der Waals surface area contributed by atoms with Crippen LogP contribution in [0.15, 0.2) is 30.3 Å². The highest BCUT2D eigenvalue weighted by molar-refractivity contribution is 5.85. The molecule has 3 N–H and O–H groups in total. The monoisotopic (exact) mass is 264 g/mol. The second-order valence-electron chi connectivity index (χ2n) is 4.92. The van der Waals surface area contributed by atoms with Crippen molar-refractivity contribution in [1.82, 2.24) is 5.32 Å². The van der Waals surface area contributed by atoms with Gasteiger partial charge in [-0.2, -0.15) is 0 Å². The Morgan fingerprint density at radius 1 is 1.37 bits per heavy atom. The molecular weight excluding hydrogens is 240 g/mol. The minimum Gasteiger partial charge on any atom is -0.377 e. The van der Waals surface area contributed by atoms with Gasteiger partial charge in [0.2, 0.25) is 5.91 Å². The van der Waals surface area contributed by atoms with E-state index in [1.54, 1.807) is 6.92 Å². The zero-order valence-corrected chi connectivity index (χ0v) is 11.8. The Labute approximate surface area is 115 Å². The van der Waals surface area contributed by atoms with E-state index in [0.29, 0.717) is 26.2 Å². The summed E-state index contributed by atoms with van der Waals surface area (Å²) in [5, 5.41) is 2.83. The zero-order valence-electron chi connectivity index (χ0n) is 11.8. The first kappa shape index (κ1) is 15.7. The average molecular weight is 264 g/mol. The second-order valence-corrected chi connectivity index (χ2v) is 4.92. The summed E-state index contributed by atoms with van der Waals surface area (Å²) in [7, 11) is 0. The first-order valence-electron chi connectivity index (χ1n) is 6.75. The van der Waals surface area contributed by atoms with Crippen molar-refractivity contribution in [3.63, 3.8) is 0 Å². The fourth-order valence-corrected chi connectivity index (χ4v) is 1.50. The molecule has 1 rings (SSSR count). The van der Waals surface area contributed by atoms with E-state index in [1.807, 2.05) is 37.3 Å². The van der Waals surface area contributed by atoms with Crippen LogP contribution >= 0.6 is 0 Å². The summed E-state index contributed by atoms with van der Waals surface area (Å²) < 4.78 is 5.53. The van der Waals surface area contributed by atoms with E-state index in [2.05, 4.69) is 5.32 Å². The normalized spacial score (nSPS) is 13.8. The van der Waals surface area contributed by atoms with Gasteiger partial charge in [-0.3, -0.25) is 4.79 Å². The molecule has 0 fully saturated rings. The Bertz CT molecular complexity index is 377. The van der Waals surface area contributed by atoms with Gasteiger partial charge in [0.15, 0.2) is 0 Å². The summed E-state index contributed by atoms with van der Waals surface area (Å²) in [5.41, 5.74) is 6.22. The minimum absolute atomic E-state index is 0.0990. The Hall–Kier alpha value is -1.39. The summed E-state index contributed by atoms with van der Waals surface area (Å²) in [6.07, 6.45) is 1.42. The minimum atomic E-state index is -0.773. The maximum atomic E-state index is 11.7. The van der Waals surface area contributed by atoms with Gasteiger partial charge in [0, 0.05) is 13.2 Å². The van der Waals surface area contributed by atoms with Crippen LogP contribution in [0.2, 0.25) is 0 Å². The van der Waals surface area contributed by atoms with Crippen molar-refractivity contribution >= 4 is 5.91 Å². The fourth-order valence-electron chi connectivity index (χ4n) is 1.50. The first-order valence-corrected chi connectivity index (χ1v) is 6.75. The number of amides is 1. The largest absolute Gasteiger partial charge is 0.377 e. The van der Waals surface area contributed by atoms with Crippen molar-refractivity contribution in [2.75, 3.05) is 13.2 Å². The number of carbonyl (C=O) groups is 1. The molecule has 4 nitrogen and oxygen atoms in total. The summed E-state index contributed by atoms with van der Waals surface area (Å²) in [4.78, 5) is 11.7. The van der Waals surface area contributed by atoms with Crippen LogP contribution in [-0.4, -0.2) is 24.6 Å². The molecule has 0 heterocycles. The lowest BCUT2D eigenvalue weighted by atomic mass is 10.00. The van der Waals surface area contributed by atoms with E-state index in [1.165, 1.54) is 0 Å². The molecule has 1 unspecified atom stereocenters. The van der Waals surface area contributed by atoms with Gasteiger partial charge in [-0.15, -0.1) is 0 Å². The van der Waals surface area contributed by atoms with Crippen LogP contribution < -0.4 is 11.1 Å². The number of ether oxygens (including phenoxy) is 1. The average Bonchev–Trinajstić information content (AvgIpc) is 2.43. The van der Waals surface area contributed by atoms with E-state index >= 15 is 0 Å². The molecule has 0 aliphatic heterocycles. The molecular formula is C15H24N2O2. The third-order valence-corrected chi connectivity index (χ3v) is 3.12. The van der Waals surface area contributed by atoms with Crippen LogP contribution in [0.4, 0.5) is 0 Å². The molecule has 0 saturated heterocycles. The Balaban J connectivity index is 2.07. The molecule has 0 aromatic heterocycles. The van der Waals surface area contributed by atoms with Crippen LogP contribution in [0, 0.1) is 0 Å². The number of nitrogens with one attached hydrogen (secondary N) is 1. The predicted molar refractivity (Wildman–Crippen MR) is 76.6 cm³/mol. The topological polar surface area (TPSA) is 64.4 Å². The molecule has 0 spiro atoms. The molecule has 106 valence electrons. The third-order valence-electron chi connectivity index (χ3n) is 3.12. The molecule has 19 heavy (non-hydrogen) atoms. The Morgan fingerprint density at radius 2 is 2.05 bits per heavy atom. The van der Waals surface area contributed by atoms with Crippen LogP contribution in [-0.2, 0) is 16.1 Å². The van der Waals surface area contributed by atoms with Crippen LogP contribution in [0.5, 0.6) is 0 Å². The fraction of sp³-hybridized carbons (Fsp3) is 0.533. The summed E-state index contributed by atoms with van der Waals surface area (Å²) in [5.74, 6) is -0.0990. The number of benzene rings is 1. The van der Waals surface area contributed by atoms with E-state index in [4.69, 9.17) is 10.5 Å². The number of nitrogens with two attached hydrogens (primary N) is 1. The number of hydrogen-bond donors (Lipinski definition) is 2. The summed E-state index contributed by atoms with van der Waals surface area (Å²) in [6.45, 7) is 5.48. The number of carbonyl (C=O) groups excluding carboxylic acids is 1. The van der Waals surface area contributed by atoms with Crippen LogP contribution in [0.1, 0.15) is 32.3 Å². The number of hydrogen-bond acceptors (Lipinski definition) is 3. The van der Waals surface area contributed by atoms with Gasteiger partial charge in [0.05, 0.1) is 12.1 Å². The van der Waals surface area contributed by atoms with Gasteiger partial charge in [0.25, 0.3) is 0 Å².